The van der Waals surface area contributed by atoms with E-state index in [2.05, 4.69) is 10.3 Å². The van der Waals surface area contributed by atoms with Crippen molar-refractivity contribution >= 4 is 0 Å². The van der Waals surface area contributed by atoms with Crippen molar-refractivity contribution in [2.75, 3.05) is 0 Å². The number of nitrogens with two attached hydrogens (primary N) is 1. The van der Waals surface area contributed by atoms with Crippen LogP contribution in [-0.2, 0) is 4.89 Å². The van der Waals surface area contributed by atoms with E-state index in [0.717, 1.165) is 6.26 Å². The molecule has 0 aliphatic carbocycles. The average molecular weight is 104 g/mol. The van der Waals surface area contributed by atoms with Gasteiger partial charge in [-0.1, -0.05) is 0 Å². The first-order chi connectivity index (χ1) is 3.31. The van der Waals surface area contributed by atoms with Crippen molar-refractivity contribution in [2.24, 2.45) is 5.84 Å². The van der Waals surface area contributed by atoms with Crippen LogP contribution in [0.4, 0.5) is 0 Å². The van der Waals surface area contributed by atoms with Gasteiger partial charge in [-0.15, -0.1) is 0 Å². The first-order valence-electron chi connectivity index (χ1n) is 1.75. The minimum atomic E-state index is 0.558. The molecule has 0 bridgehead atoms. The summed E-state index contributed by atoms with van der Waals surface area (Å²) in [7, 11) is 0. The van der Waals surface area contributed by atoms with Gasteiger partial charge in [0.1, 0.15) is 6.26 Å². The van der Waals surface area contributed by atoms with Gasteiger partial charge in [0.05, 0.1) is 5.70 Å². The van der Waals surface area contributed by atoms with Crippen LogP contribution >= 0.6 is 0 Å². The van der Waals surface area contributed by atoms with E-state index in [1.165, 1.54) is 0 Å². The molecule has 0 aliphatic heterocycles. The number of hydrogen-bond acceptors (Lipinski definition) is 4. The van der Waals surface area contributed by atoms with Crippen molar-refractivity contribution in [3.8, 4) is 0 Å². The van der Waals surface area contributed by atoms with Crippen LogP contribution in [0.3, 0.4) is 0 Å². The zero-order valence-corrected chi connectivity index (χ0v) is 4.01. The Morgan fingerprint density at radius 1 is 2.00 bits per heavy atom. The van der Waals surface area contributed by atoms with E-state index in [1.807, 2.05) is 0 Å². The molecule has 0 aromatic heterocycles. The minimum Gasteiger partial charge on any atom is -0.346 e. The maximum Gasteiger partial charge on any atom is 0.149 e. The van der Waals surface area contributed by atoms with Crippen molar-refractivity contribution < 1.29 is 10.1 Å². The monoisotopic (exact) mass is 104 g/mol. The molecular weight excluding hydrogens is 96.0 g/mol. The predicted octanol–water partition coefficient (Wildman–Crippen LogP) is -0.199. The number of hydrogen-bond donors (Lipinski definition) is 3. The lowest BCUT2D eigenvalue weighted by molar-refractivity contribution is -0.187. The number of rotatable bonds is 2. The lowest BCUT2D eigenvalue weighted by Crippen LogP contribution is -2.18. The van der Waals surface area contributed by atoms with Gasteiger partial charge in [0.25, 0.3) is 0 Å². The number of nitrogens with one attached hydrogen (secondary N) is 1. The van der Waals surface area contributed by atoms with Gasteiger partial charge in [-0.25, -0.2) is 5.26 Å². The van der Waals surface area contributed by atoms with Gasteiger partial charge >= 0.3 is 0 Å². The van der Waals surface area contributed by atoms with Crippen molar-refractivity contribution in [1.82, 2.24) is 5.43 Å². The summed E-state index contributed by atoms with van der Waals surface area (Å²) in [4.78, 5) is 3.59. The van der Waals surface area contributed by atoms with Crippen LogP contribution in [0.25, 0.3) is 0 Å². The Morgan fingerprint density at radius 3 is 2.71 bits per heavy atom. The fraction of sp³-hybridized carbons (Fsp3) is 0.333. The van der Waals surface area contributed by atoms with Gasteiger partial charge < -0.3 is 10.3 Å². The molecule has 42 valence electrons. The van der Waals surface area contributed by atoms with Crippen molar-refractivity contribution in [3.63, 3.8) is 0 Å². The van der Waals surface area contributed by atoms with E-state index >= 15 is 0 Å². The molecule has 0 aromatic rings. The molecule has 0 aliphatic rings. The number of allylic oxidation sites excluding steroid dienone is 1. The van der Waals surface area contributed by atoms with Gasteiger partial charge in [0.15, 0.2) is 0 Å². The van der Waals surface area contributed by atoms with E-state index in [4.69, 9.17) is 11.1 Å². The average Bonchev–Trinajstić information content (AvgIpc) is 1.68. The Morgan fingerprint density at radius 2 is 2.57 bits per heavy atom. The maximum absolute atomic E-state index is 7.70. The Balaban J connectivity index is 3.29. The highest BCUT2D eigenvalue weighted by atomic mass is 17.1. The van der Waals surface area contributed by atoms with Gasteiger partial charge in [-0.2, -0.15) is 0 Å². The van der Waals surface area contributed by atoms with Gasteiger partial charge in [0.2, 0.25) is 0 Å². The molecule has 0 saturated heterocycles. The van der Waals surface area contributed by atoms with Crippen molar-refractivity contribution in [2.45, 2.75) is 6.92 Å². The van der Waals surface area contributed by atoms with E-state index in [-0.39, 0.29) is 0 Å². The summed E-state index contributed by atoms with van der Waals surface area (Å²) in [5, 5.41) is 7.70. The van der Waals surface area contributed by atoms with E-state index in [0.29, 0.717) is 5.70 Å². The van der Waals surface area contributed by atoms with Gasteiger partial charge in [-0.3, -0.25) is 5.84 Å². The second-order valence-corrected chi connectivity index (χ2v) is 1.05. The Kier molecular flexibility index (Phi) is 3.09. The molecule has 0 saturated carbocycles. The Hall–Kier alpha value is -0.740. The van der Waals surface area contributed by atoms with Crippen LogP contribution in [0.5, 0.6) is 0 Å². The first kappa shape index (κ1) is 6.26. The number of hydrazine groups is 1. The summed E-state index contributed by atoms with van der Waals surface area (Å²) in [5.74, 6) is 4.85. The Labute approximate surface area is 41.5 Å². The summed E-state index contributed by atoms with van der Waals surface area (Å²) in [6.07, 6.45) is 1.08. The van der Waals surface area contributed by atoms with Crippen molar-refractivity contribution in [3.05, 3.63) is 12.0 Å². The van der Waals surface area contributed by atoms with Crippen LogP contribution < -0.4 is 11.3 Å². The quantitative estimate of drug-likeness (QED) is 0.196. The van der Waals surface area contributed by atoms with Crippen LogP contribution in [0.1, 0.15) is 6.92 Å². The topological polar surface area (TPSA) is 67.5 Å². The van der Waals surface area contributed by atoms with E-state index in [9.17, 15) is 0 Å². The van der Waals surface area contributed by atoms with E-state index < -0.39 is 0 Å². The van der Waals surface area contributed by atoms with Crippen LogP contribution in [-0.4, -0.2) is 5.26 Å². The lowest BCUT2D eigenvalue weighted by atomic mass is 10.6. The molecule has 0 fully saturated rings. The second-order valence-electron chi connectivity index (χ2n) is 1.05. The molecule has 7 heavy (non-hydrogen) atoms. The molecule has 0 spiro atoms. The summed E-state index contributed by atoms with van der Waals surface area (Å²) >= 11 is 0. The van der Waals surface area contributed by atoms with Gasteiger partial charge in [0, 0.05) is 0 Å². The second kappa shape index (κ2) is 3.45. The summed E-state index contributed by atoms with van der Waals surface area (Å²) < 4.78 is 0. The molecular formula is C3H8N2O2. The summed E-state index contributed by atoms with van der Waals surface area (Å²) in [6, 6.07) is 0. The normalized spacial score (nSPS) is 11.0. The third-order valence-corrected chi connectivity index (χ3v) is 0.457. The third kappa shape index (κ3) is 3.08. The molecule has 0 unspecified atom stereocenters. The molecule has 0 rings (SSSR count). The minimum absolute atomic E-state index is 0.558. The molecule has 0 atom stereocenters. The molecule has 4 heteroatoms. The predicted molar refractivity (Wildman–Crippen MR) is 24.8 cm³/mol. The maximum atomic E-state index is 7.70. The zero-order chi connectivity index (χ0) is 5.70. The highest BCUT2D eigenvalue weighted by Crippen LogP contribution is 1.79. The molecule has 0 heterocycles. The van der Waals surface area contributed by atoms with E-state index in [1.54, 1.807) is 6.92 Å². The first-order valence-corrected chi connectivity index (χ1v) is 1.75. The van der Waals surface area contributed by atoms with Gasteiger partial charge in [-0.05, 0) is 6.92 Å². The summed E-state index contributed by atoms with van der Waals surface area (Å²) in [6.45, 7) is 1.65. The van der Waals surface area contributed by atoms with Crippen molar-refractivity contribution in [1.29, 1.82) is 0 Å². The third-order valence-electron chi connectivity index (χ3n) is 0.457. The fourth-order valence-electron chi connectivity index (χ4n) is 0.113. The SMILES string of the molecule is C/C(=C/OO)NN. The standard InChI is InChI=1S/C3H8N2O2/c1-3(5-4)2-7-6/h2,5-6H,4H2,1H3/b3-2-. The Bertz CT molecular complexity index is 71.3. The highest BCUT2D eigenvalue weighted by Gasteiger charge is 1.76. The zero-order valence-electron chi connectivity index (χ0n) is 4.01. The van der Waals surface area contributed by atoms with Crippen LogP contribution in [0, 0.1) is 0 Å². The fourth-order valence-corrected chi connectivity index (χ4v) is 0.113. The molecule has 0 aromatic carbocycles. The summed E-state index contributed by atoms with van der Waals surface area (Å²) in [5.41, 5.74) is 2.80. The smallest absolute Gasteiger partial charge is 0.149 e. The van der Waals surface area contributed by atoms with Crippen LogP contribution in [0.15, 0.2) is 12.0 Å². The highest BCUT2D eigenvalue weighted by molar-refractivity contribution is 4.85. The lowest BCUT2D eigenvalue weighted by Gasteiger charge is -1.92. The van der Waals surface area contributed by atoms with Crippen LogP contribution in [0.2, 0.25) is 0 Å². The largest absolute Gasteiger partial charge is 0.346 e. The molecule has 0 radical (unpaired) electrons. The molecule has 0 amide bonds. The molecule has 4 nitrogen and oxygen atoms in total. The molecule has 4 N–H and O–H groups in total.